The van der Waals surface area contributed by atoms with Crippen LogP contribution < -0.4 is 9.03 Å². The maximum atomic E-state index is 10.9. The number of hydrogen-bond acceptors (Lipinski definition) is 3. The van der Waals surface area contributed by atoms with Gasteiger partial charge >= 0.3 is 100 Å². The van der Waals surface area contributed by atoms with E-state index in [9.17, 15) is 4.79 Å². The van der Waals surface area contributed by atoms with Gasteiger partial charge in [0.05, 0.1) is 0 Å². The van der Waals surface area contributed by atoms with E-state index in [2.05, 4.69) is 36.1 Å². The molecule has 5 heteroatoms. The van der Waals surface area contributed by atoms with Crippen molar-refractivity contribution in [3.8, 4) is 0 Å². The van der Waals surface area contributed by atoms with Crippen LogP contribution in [0.25, 0.3) is 0 Å². The van der Waals surface area contributed by atoms with Gasteiger partial charge in [-0.05, 0) is 0 Å². The molecule has 0 atom stereocenters. The molecule has 1 amide bonds. The van der Waals surface area contributed by atoms with Gasteiger partial charge < -0.3 is 0 Å². The van der Waals surface area contributed by atoms with Crippen LogP contribution in [0.1, 0.15) is 27.7 Å². The van der Waals surface area contributed by atoms with E-state index >= 15 is 0 Å². The predicted molar refractivity (Wildman–Crippen MR) is 61.4 cm³/mol. The topological polar surface area (TPSA) is 54.9 Å². The third-order valence-corrected chi connectivity index (χ3v) is 5.13. The Labute approximate surface area is 100 Å². The Morgan fingerprint density at radius 2 is 2.07 bits per heavy atom. The van der Waals surface area contributed by atoms with E-state index in [1.165, 1.54) is 13.3 Å². The zero-order valence-electron chi connectivity index (χ0n) is 9.46. The SMILES string of the molecule is CC(=O)Nc1c[c]([Sn][C](C)(C)C)ncn1. The molecule has 1 rings (SSSR count). The summed E-state index contributed by atoms with van der Waals surface area (Å²) in [7, 11) is 0. The Morgan fingerprint density at radius 3 is 2.60 bits per heavy atom. The summed E-state index contributed by atoms with van der Waals surface area (Å²) in [6.07, 6.45) is 1.52. The maximum absolute atomic E-state index is 10.9. The Bertz CT molecular complexity index is 360. The summed E-state index contributed by atoms with van der Waals surface area (Å²) in [6.45, 7) is 8.14. The second-order valence-electron chi connectivity index (χ2n) is 4.34. The minimum atomic E-state index is -0.721. The van der Waals surface area contributed by atoms with Gasteiger partial charge in [-0.3, -0.25) is 0 Å². The van der Waals surface area contributed by atoms with Gasteiger partial charge in [0, 0.05) is 0 Å². The van der Waals surface area contributed by atoms with Crippen LogP contribution in [-0.2, 0) is 4.79 Å². The number of hydrogen-bond donors (Lipinski definition) is 1. The number of anilines is 1. The Balaban J connectivity index is 2.79. The number of rotatable bonds is 2. The summed E-state index contributed by atoms with van der Waals surface area (Å²) < 4.78 is 1.47. The van der Waals surface area contributed by atoms with Gasteiger partial charge in [-0.25, -0.2) is 0 Å². The molecule has 1 N–H and O–H groups in total. The second-order valence-corrected chi connectivity index (χ2v) is 10.8. The van der Waals surface area contributed by atoms with E-state index in [1.54, 1.807) is 0 Å². The molecule has 1 aromatic rings. The molecular weight excluding hydrogens is 297 g/mol. The molecule has 1 aromatic heterocycles. The fourth-order valence-corrected chi connectivity index (χ4v) is 4.20. The van der Waals surface area contributed by atoms with E-state index in [0.29, 0.717) is 9.25 Å². The molecule has 0 saturated carbocycles. The molecule has 0 spiro atoms. The van der Waals surface area contributed by atoms with E-state index in [-0.39, 0.29) is 5.91 Å². The molecule has 0 aliphatic rings. The van der Waals surface area contributed by atoms with Crippen LogP contribution in [0.2, 0.25) is 3.43 Å². The van der Waals surface area contributed by atoms with Gasteiger partial charge in [0.1, 0.15) is 0 Å². The molecule has 0 unspecified atom stereocenters. The van der Waals surface area contributed by atoms with Crippen LogP contribution in [0.15, 0.2) is 12.4 Å². The number of carbonyl (C=O) groups excluding carboxylic acids is 1. The first kappa shape index (κ1) is 12.4. The fraction of sp³-hybridized carbons (Fsp3) is 0.500. The molecule has 0 fully saturated rings. The van der Waals surface area contributed by atoms with Crippen molar-refractivity contribution in [2.75, 3.05) is 5.32 Å². The van der Waals surface area contributed by atoms with E-state index in [0.717, 1.165) is 3.71 Å². The standard InChI is InChI=1S/C6H6N3O.C4H9.Sn/c1-5(10)9-6-2-3-7-4-8-6;1-4(2)3;/h2,4H,1H3,(H,7,8,9,10);1-3H3;. The molecule has 0 bridgehead atoms. The predicted octanol–water partition coefficient (Wildman–Crippen LogP) is 0.983. The summed E-state index contributed by atoms with van der Waals surface area (Å²) in [5, 5.41) is 2.67. The minimum absolute atomic E-state index is 0.0965. The van der Waals surface area contributed by atoms with Gasteiger partial charge in [-0.1, -0.05) is 0 Å². The van der Waals surface area contributed by atoms with E-state index < -0.39 is 21.1 Å². The molecule has 0 aromatic carbocycles. The Kier molecular flexibility index (Phi) is 4.07. The van der Waals surface area contributed by atoms with E-state index in [4.69, 9.17) is 0 Å². The van der Waals surface area contributed by atoms with Crippen molar-refractivity contribution in [2.24, 2.45) is 0 Å². The van der Waals surface area contributed by atoms with Crippen LogP contribution in [0.4, 0.5) is 5.82 Å². The van der Waals surface area contributed by atoms with Gasteiger partial charge in [0.15, 0.2) is 0 Å². The summed E-state index contributed by atoms with van der Waals surface area (Å²) in [5.41, 5.74) is 0. The molecule has 2 radical (unpaired) electrons. The molecule has 80 valence electrons. The first-order valence-corrected chi connectivity index (χ1v) is 7.60. The molecule has 15 heavy (non-hydrogen) atoms. The van der Waals surface area contributed by atoms with Crippen LogP contribution in [0, 0.1) is 0 Å². The average Bonchev–Trinajstić information content (AvgIpc) is 1.99. The molecule has 0 aliphatic heterocycles. The van der Waals surface area contributed by atoms with Crippen molar-refractivity contribution in [3.63, 3.8) is 0 Å². The van der Waals surface area contributed by atoms with Crippen molar-refractivity contribution in [2.45, 2.75) is 31.1 Å². The first-order valence-electron chi connectivity index (χ1n) is 4.75. The summed E-state index contributed by atoms with van der Waals surface area (Å²) in [4.78, 5) is 19.1. The molecule has 0 aliphatic carbocycles. The monoisotopic (exact) mass is 313 g/mol. The normalized spacial score (nSPS) is 11.2. The number of aromatic nitrogens is 2. The second kappa shape index (κ2) is 4.92. The van der Waals surface area contributed by atoms with Crippen molar-refractivity contribution in [1.82, 2.24) is 9.97 Å². The summed E-state index contributed by atoms with van der Waals surface area (Å²) in [5.74, 6) is 0.512. The van der Waals surface area contributed by atoms with Crippen LogP contribution in [0.5, 0.6) is 0 Å². The van der Waals surface area contributed by atoms with E-state index in [1.807, 2.05) is 6.07 Å². The van der Waals surface area contributed by atoms with Crippen molar-refractivity contribution >= 4 is 36.6 Å². The molecular formula is C10H15N3OSn. The van der Waals surface area contributed by atoms with Gasteiger partial charge in [-0.15, -0.1) is 0 Å². The van der Waals surface area contributed by atoms with Crippen molar-refractivity contribution in [3.05, 3.63) is 12.4 Å². The Hall–Kier alpha value is -0.651. The van der Waals surface area contributed by atoms with Gasteiger partial charge in [-0.2, -0.15) is 0 Å². The van der Waals surface area contributed by atoms with Crippen LogP contribution in [0.3, 0.4) is 0 Å². The molecule has 1 heterocycles. The van der Waals surface area contributed by atoms with Crippen LogP contribution >= 0.6 is 0 Å². The summed E-state index contributed by atoms with van der Waals surface area (Å²) >= 11 is -0.721. The number of nitrogens with one attached hydrogen (secondary N) is 1. The molecule has 4 nitrogen and oxygen atoms in total. The molecule has 0 saturated heterocycles. The van der Waals surface area contributed by atoms with Gasteiger partial charge in [0.25, 0.3) is 0 Å². The quantitative estimate of drug-likeness (QED) is 0.829. The third kappa shape index (κ3) is 5.11. The fourth-order valence-electron chi connectivity index (χ4n) is 1.06. The number of amides is 1. The average molecular weight is 312 g/mol. The van der Waals surface area contributed by atoms with Crippen LogP contribution in [-0.4, -0.2) is 37.0 Å². The zero-order chi connectivity index (χ0) is 11.5. The number of carbonyl (C=O) groups is 1. The summed E-state index contributed by atoms with van der Waals surface area (Å²) in [6, 6.07) is 1.89. The van der Waals surface area contributed by atoms with Gasteiger partial charge in [0.2, 0.25) is 0 Å². The Morgan fingerprint density at radius 1 is 1.40 bits per heavy atom. The third-order valence-electron chi connectivity index (χ3n) is 1.47. The zero-order valence-corrected chi connectivity index (χ0v) is 12.3. The van der Waals surface area contributed by atoms with Crippen molar-refractivity contribution in [1.29, 1.82) is 0 Å². The number of nitrogens with zero attached hydrogens (tertiary/aromatic N) is 2. The van der Waals surface area contributed by atoms with Crippen molar-refractivity contribution < 1.29 is 4.79 Å². The first-order chi connectivity index (χ1) is 6.87.